The van der Waals surface area contributed by atoms with Crippen LogP contribution in [0.3, 0.4) is 0 Å². The number of hydrogen-bond donors (Lipinski definition) is 2. The number of imide groups is 1. The van der Waals surface area contributed by atoms with E-state index in [-0.39, 0.29) is 23.5 Å². The Morgan fingerprint density at radius 2 is 2.38 bits per heavy atom. The maximum Gasteiger partial charge on any atom is 0.249 e. The molecule has 6 heteroatoms. The number of carbonyl (C=O) groups is 2. The van der Waals surface area contributed by atoms with Crippen LogP contribution < -0.4 is 11.1 Å². The number of nitrogens with one attached hydrogen (secondary N) is 1. The predicted molar refractivity (Wildman–Crippen MR) is 50.7 cm³/mol. The summed E-state index contributed by atoms with van der Waals surface area (Å²) in [5.41, 5.74) is 5.38. The van der Waals surface area contributed by atoms with Crippen molar-refractivity contribution in [2.45, 2.75) is 19.4 Å². The zero-order valence-corrected chi connectivity index (χ0v) is 8.06. The van der Waals surface area contributed by atoms with Crippen LogP contribution in [0.2, 0.25) is 0 Å². The van der Waals surface area contributed by atoms with Crippen molar-refractivity contribution in [3.8, 4) is 0 Å². The van der Waals surface area contributed by atoms with Crippen LogP contribution in [0.25, 0.3) is 0 Å². The second-order valence-electron chi connectivity index (χ2n) is 2.80. The largest absolute Gasteiger partial charge is 0.376 e. The van der Waals surface area contributed by atoms with Gasteiger partial charge in [0.05, 0.1) is 0 Å². The Kier molecular flexibility index (Phi) is 2.82. The summed E-state index contributed by atoms with van der Waals surface area (Å²) in [5.74, 6) is -0.686. The van der Waals surface area contributed by atoms with Gasteiger partial charge in [0.2, 0.25) is 11.8 Å². The molecule has 0 aromatic heterocycles. The van der Waals surface area contributed by atoms with Crippen LogP contribution in [0.5, 0.6) is 0 Å². The topological polar surface area (TPSA) is 75.4 Å². The quantitative estimate of drug-likeness (QED) is 0.419. The second-order valence-corrected chi connectivity index (χ2v) is 3.22. The lowest BCUT2D eigenvalue weighted by molar-refractivity contribution is -0.137. The lowest BCUT2D eigenvalue weighted by atomic mass is 10.1. The van der Waals surface area contributed by atoms with Gasteiger partial charge < -0.3 is 10.6 Å². The zero-order valence-electron chi connectivity index (χ0n) is 7.24. The number of nitrogens with zero attached hydrogens (tertiary/aromatic N) is 1. The van der Waals surface area contributed by atoms with Gasteiger partial charge >= 0.3 is 0 Å². The van der Waals surface area contributed by atoms with Crippen molar-refractivity contribution in [1.29, 1.82) is 0 Å². The van der Waals surface area contributed by atoms with E-state index in [0.717, 1.165) is 0 Å². The zero-order chi connectivity index (χ0) is 10.0. The highest BCUT2D eigenvalue weighted by atomic mass is 32.1. The van der Waals surface area contributed by atoms with Crippen LogP contribution in [0.15, 0.2) is 0 Å². The van der Waals surface area contributed by atoms with E-state index in [0.29, 0.717) is 6.42 Å². The highest BCUT2D eigenvalue weighted by Crippen LogP contribution is 2.08. The normalized spacial score (nSPS) is 22.8. The molecule has 1 heterocycles. The third-order valence-corrected chi connectivity index (χ3v) is 2.16. The summed E-state index contributed by atoms with van der Waals surface area (Å²) in [6.45, 7) is 1.91. The lowest BCUT2D eigenvalue weighted by Gasteiger charge is -2.33. The maximum atomic E-state index is 11.3. The Morgan fingerprint density at radius 3 is 2.85 bits per heavy atom. The molecule has 13 heavy (non-hydrogen) atoms. The third kappa shape index (κ3) is 1.95. The molecule has 3 N–H and O–H groups in total. The van der Waals surface area contributed by atoms with Crippen molar-refractivity contribution < 1.29 is 9.59 Å². The van der Waals surface area contributed by atoms with Gasteiger partial charge in [0, 0.05) is 0 Å². The van der Waals surface area contributed by atoms with Crippen LogP contribution in [-0.2, 0) is 9.59 Å². The Balaban J connectivity index is 2.83. The molecule has 1 unspecified atom stereocenters. The Bertz CT molecular complexity index is 266. The summed E-state index contributed by atoms with van der Waals surface area (Å²) >= 11 is 4.74. The van der Waals surface area contributed by atoms with Gasteiger partial charge in [0.15, 0.2) is 5.11 Å². The van der Waals surface area contributed by atoms with E-state index < -0.39 is 6.04 Å². The highest BCUT2D eigenvalue weighted by Gasteiger charge is 2.32. The number of carbonyl (C=O) groups excluding carboxylic acids is 2. The third-order valence-electron chi connectivity index (χ3n) is 1.93. The molecule has 72 valence electrons. The standard InChI is InChI=1S/C7H11N3O2S/c1-2-4-6(12)9-5(11)3-10(4)7(8)13/h4H,2-3H2,1H3,(H2,8,13)(H,9,11,12). The van der Waals surface area contributed by atoms with Gasteiger partial charge in [-0.05, 0) is 18.6 Å². The molecule has 1 fully saturated rings. The fourth-order valence-electron chi connectivity index (χ4n) is 1.30. The van der Waals surface area contributed by atoms with Crippen molar-refractivity contribution in [3.63, 3.8) is 0 Å². The van der Waals surface area contributed by atoms with Gasteiger partial charge in [-0.25, -0.2) is 0 Å². The first-order valence-corrected chi connectivity index (χ1v) is 4.36. The summed E-state index contributed by atoms with van der Waals surface area (Å²) in [6, 6.07) is -0.407. The van der Waals surface area contributed by atoms with Crippen LogP contribution in [0, 0.1) is 0 Å². The molecule has 0 spiro atoms. The number of rotatable bonds is 1. The first-order valence-electron chi connectivity index (χ1n) is 3.96. The molecule has 1 atom stereocenters. The summed E-state index contributed by atoms with van der Waals surface area (Å²) < 4.78 is 0. The molecule has 0 aliphatic carbocycles. The highest BCUT2D eigenvalue weighted by molar-refractivity contribution is 7.80. The first-order chi connectivity index (χ1) is 6.06. The van der Waals surface area contributed by atoms with E-state index in [1.54, 1.807) is 0 Å². The SMILES string of the molecule is CCC1C(=O)NC(=O)CN1C(N)=S. The molecular weight excluding hydrogens is 190 g/mol. The molecule has 0 radical (unpaired) electrons. The van der Waals surface area contributed by atoms with Crippen molar-refractivity contribution in [3.05, 3.63) is 0 Å². The average molecular weight is 201 g/mol. The number of piperazine rings is 1. The smallest absolute Gasteiger partial charge is 0.249 e. The summed E-state index contributed by atoms with van der Waals surface area (Å²) in [6.07, 6.45) is 0.580. The van der Waals surface area contributed by atoms with E-state index in [9.17, 15) is 9.59 Å². The first kappa shape index (κ1) is 9.91. The van der Waals surface area contributed by atoms with Gasteiger partial charge in [-0.1, -0.05) is 6.92 Å². The monoisotopic (exact) mass is 201 g/mol. The molecule has 0 aromatic rings. The molecule has 1 aliphatic heterocycles. The van der Waals surface area contributed by atoms with Crippen molar-refractivity contribution in [2.24, 2.45) is 5.73 Å². The van der Waals surface area contributed by atoms with Crippen LogP contribution in [-0.4, -0.2) is 34.4 Å². The maximum absolute atomic E-state index is 11.3. The number of amides is 2. The summed E-state index contributed by atoms with van der Waals surface area (Å²) in [4.78, 5) is 23.7. The Labute approximate surface area is 81.3 Å². The van der Waals surface area contributed by atoms with Crippen LogP contribution in [0.1, 0.15) is 13.3 Å². The minimum Gasteiger partial charge on any atom is -0.376 e. The van der Waals surface area contributed by atoms with E-state index in [1.165, 1.54) is 4.90 Å². The second kappa shape index (κ2) is 3.69. The van der Waals surface area contributed by atoms with Gasteiger partial charge in [-0.3, -0.25) is 14.9 Å². The van der Waals surface area contributed by atoms with Crippen molar-refractivity contribution in [1.82, 2.24) is 10.2 Å². The number of thiocarbonyl (C=S) groups is 1. The number of nitrogens with two attached hydrogens (primary N) is 1. The minimum absolute atomic E-state index is 0.0690. The molecule has 2 amide bonds. The Hall–Kier alpha value is -1.17. The van der Waals surface area contributed by atoms with Crippen molar-refractivity contribution in [2.75, 3.05) is 6.54 Å². The molecule has 1 aliphatic rings. The number of hydrogen-bond acceptors (Lipinski definition) is 3. The molecule has 0 aromatic carbocycles. The Morgan fingerprint density at radius 1 is 1.77 bits per heavy atom. The molecule has 5 nitrogen and oxygen atoms in total. The molecule has 1 rings (SSSR count). The lowest BCUT2D eigenvalue weighted by Crippen LogP contribution is -2.60. The fourth-order valence-corrected chi connectivity index (χ4v) is 1.50. The van der Waals surface area contributed by atoms with E-state index in [4.69, 9.17) is 18.0 Å². The molecule has 0 saturated carbocycles. The van der Waals surface area contributed by atoms with Gasteiger partial charge in [-0.15, -0.1) is 0 Å². The minimum atomic E-state index is -0.407. The van der Waals surface area contributed by atoms with Gasteiger partial charge in [0.25, 0.3) is 0 Å². The van der Waals surface area contributed by atoms with Crippen LogP contribution in [0.4, 0.5) is 0 Å². The molecule has 1 saturated heterocycles. The van der Waals surface area contributed by atoms with Crippen LogP contribution >= 0.6 is 12.2 Å². The fraction of sp³-hybridized carbons (Fsp3) is 0.571. The van der Waals surface area contributed by atoms with Crippen molar-refractivity contribution >= 4 is 29.1 Å². The predicted octanol–water partition coefficient (Wildman–Crippen LogP) is -1.03. The van der Waals surface area contributed by atoms with E-state index >= 15 is 0 Å². The average Bonchev–Trinajstić information content (AvgIpc) is 2.02. The van der Waals surface area contributed by atoms with Gasteiger partial charge in [0.1, 0.15) is 12.6 Å². The van der Waals surface area contributed by atoms with Gasteiger partial charge in [-0.2, -0.15) is 0 Å². The summed E-state index contributed by atoms with van der Waals surface area (Å²) in [5, 5.41) is 2.32. The summed E-state index contributed by atoms with van der Waals surface area (Å²) in [7, 11) is 0. The van der Waals surface area contributed by atoms with E-state index in [2.05, 4.69) is 5.32 Å². The van der Waals surface area contributed by atoms with E-state index in [1.807, 2.05) is 6.92 Å². The molecular formula is C7H11N3O2S. The molecule has 0 bridgehead atoms.